The third kappa shape index (κ3) is 4.78. The number of halogens is 3. The van der Waals surface area contributed by atoms with Crippen LogP contribution in [0.2, 0.25) is 5.02 Å². The Labute approximate surface area is 195 Å². The maximum Gasteiger partial charge on any atom is 0.308 e. The molecule has 2 aromatic carbocycles. The van der Waals surface area contributed by atoms with Crippen molar-refractivity contribution in [3.05, 3.63) is 69.7 Å². The third-order valence-corrected chi connectivity index (χ3v) is 6.89. The van der Waals surface area contributed by atoms with E-state index in [9.17, 15) is 28.3 Å². The van der Waals surface area contributed by atoms with E-state index in [0.29, 0.717) is 34.6 Å². The number of nitrogens with one attached hydrogen (secondary N) is 1. The van der Waals surface area contributed by atoms with E-state index in [-0.39, 0.29) is 18.6 Å². The lowest BCUT2D eigenvalue weighted by Crippen LogP contribution is -2.58. The third-order valence-electron chi connectivity index (χ3n) is 6.65. The molecule has 0 bridgehead atoms. The van der Waals surface area contributed by atoms with Crippen molar-refractivity contribution in [2.24, 2.45) is 17.8 Å². The second kappa shape index (κ2) is 8.86. The average molecular weight is 476 g/mol. The topological polar surface area (TPSA) is 83.5 Å². The Kier molecular flexibility index (Phi) is 6.27. The molecule has 2 N–H and O–H groups in total. The summed E-state index contributed by atoms with van der Waals surface area (Å²) in [5.74, 6) is -8.07. The number of ketones is 1. The second-order valence-electron chi connectivity index (χ2n) is 8.99. The second-order valence-corrected chi connectivity index (χ2v) is 9.42. The van der Waals surface area contributed by atoms with Crippen molar-refractivity contribution in [3.63, 3.8) is 0 Å². The molecule has 5 nitrogen and oxygen atoms in total. The van der Waals surface area contributed by atoms with Gasteiger partial charge < -0.3 is 10.4 Å². The Bertz CT molecular complexity index is 1120. The number of aliphatic carboxylic acids is 1. The summed E-state index contributed by atoms with van der Waals surface area (Å²) < 4.78 is 27.3. The van der Waals surface area contributed by atoms with Crippen molar-refractivity contribution in [1.82, 2.24) is 5.32 Å². The summed E-state index contributed by atoms with van der Waals surface area (Å²) in [6.45, 7) is 1.68. The van der Waals surface area contributed by atoms with E-state index in [0.717, 1.165) is 5.56 Å². The minimum atomic E-state index is -2.76. The number of Topliss-reactive ketones (excluding diaryl/α,β-unsaturated/α-hetero) is 1. The summed E-state index contributed by atoms with van der Waals surface area (Å²) in [5, 5.41) is 12.9. The van der Waals surface area contributed by atoms with Crippen molar-refractivity contribution < 1.29 is 28.3 Å². The van der Waals surface area contributed by atoms with E-state index in [1.165, 1.54) is 0 Å². The van der Waals surface area contributed by atoms with Gasteiger partial charge in [-0.3, -0.25) is 14.4 Å². The van der Waals surface area contributed by atoms with Crippen LogP contribution >= 0.6 is 11.6 Å². The number of rotatable bonds is 7. The van der Waals surface area contributed by atoms with Crippen LogP contribution in [0, 0.1) is 17.8 Å². The molecule has 8 heteroatoms. The van der Waals surface area contributed by atoms with Gasteiger partial charge in [0.25, 0.3) is 5.92 Å². The molecule has 4 atom stereocenters. The fraction of sp³-hybridized carbons (Fsp3) is 0.400. The summed E-state index contributed by atoms with van der Waals surface area (Å²) in [7, 11) is 0. The van der Waals surface area contributed by atoms with E-state index >= 15 is 0 Å². The molecule has 2 aliphatic carbocycles. The van der Waals surface area contributed by atoms with Crippen LogP contribution in [0.25, 0.3) is 0 Å². The van der Waals surface area contributed by atoms with Crippen molar-refractivity contribution in [2.45, 2.75) is 44.6 Å². The van der Waals surface area contributed by atoms with Gasteiger partial charge in [0.15, 0.2) is 0 Å². The summed E-state index contributed by atoms with van der Waals surface area (Å²) >= 11 is 5.97. The minimum absolute atomic E-state index is 0.295. The highest BCUT2D eigenvalue weighted by Gasteiger charge is 2.56. The number of carbonyl (C=O) groups is 3. The van der Waals surface area contributed by atoms with Crippen molar-refractivity contribution in [3.8, 4) is 0 Å². The maximum absolute atomic E-state index is 13.7. The molecule has 1 saturated carbocycles. The number of hydrogen-bond acceptors (Lipinski definition) is 3. The number of carboxylic acid groups (broad SMARTS) is 1. The van der Waals surface area contributed by atoms with Crippen LogP contribution < -0.4 is 5.32 Å². The molecular weight excluding hydrogens is 452 g/mol. The van der Waals surface area contributed by atoms with Gasteiger partial charge in [-0.1, -0.05) is 41.9 Å². The van der Waals surface area contributed by atoms with Crippen molar-refractivity contribution in [2.75, 3.05) is 0 Å². The van der Waals surface area contributed by atoms with E-state index in [2.05, 4.69) is 5.32 Å². The number of benzene rings is 2. The van der Waals surface area contributed by atoms with Crippen LogP contribution in [0.5, 0.6) is 0 Å². The van der Waals surface area contributed by atoms with E-state index < -0.39 is 41.6 Å². The van der Waals surface area contributed by atoms with E-state index in [4.69, 9.17) is 11.6 Å². The molecule has 1 fully saturated rings. The van der Waals surface area contributed by atoms with Crippen LogP contribution in [0.4, 0.5) is 8.78 Å². The van der Waals surface area contributed by atoms with Gasteiger partial charge in [-0.25, -0.2) is 8.78 Å². The number of fused-ring (bicyclic) bond motifs is 1. The number of hydrogen-bond donors (Lipinski definition) is 2. The first-order valence-corrected chi connectivity index (χ1v) is 11.2. The summed E-state index contributed by atoms with van der Waals surface area (Å²) in [5.41, 5.74) is 2.66. The molecule has 4 rings (SSSR count). The fourth-order valence-corrected chi connectivity index (χ4v) is 5.11. The van der Waals surface area contributed by atoms with Gasteiger partial charge in [0.1, 0.15) is 11.7 Å². The standard InChI is InChI=1S/C25H24ClF2NO4/c1-13(15-6-7-16-11-25(27,28)12-17(16)10-15)29-23(31)21-20(24(32)33)19(22(21)30)8-5-14-3-2-4-18(26)9-14/h2-4,6-7,9-10,13,19-21H,5,8,11-12H2,1H3,(H,29,31)(H,32,33)/t13-,19-,20-,21?/m1/s1. The Morgan fingerprint density at radius 1 is 1.18 bits per heavy atom. The zero-order valence-electron chi connectivity index (χ0n) is 18.0. The van der Waals surface area contributed by atoms with Crippen LogP contribution in [0.1, 0.15) is 41.6 Å². The van der Waals surface area contributed by atoms with Gasteiger partial charge in [0.2, 0.25) is 5.91 Å². The maximum atomic E-state index is 13.7. The van der Waals surface area contributed by atoms with Gasteiger partial charge in [-0.05, 0) is 54.2 Å². The Morgan fingerprint density at radius 3 is 2.61 bits per heavy atom. The zero-order chi connectivity index (χ0) is 23.9. The van der Waals surface area contributed by atoms with Crippen LogP contribution in [-0.2, 0) is 33.6 Å². The number of carboxylic acids is 1. The average Bonchev–Trinajstić information content (AvgIpc) is 3.04. The lowest BCUT2D eigenvalue weighted by Gasteiger charge is -2.39. The van der Waals surface area contributed by atoms with Gasteiger partial charge in [0.05, 0.1) is 12.0 Å². The molecule has 33 heavy (non-hydrogen) atoms. The number of amides is 1. The van der Waals surface area contributed by atoms with E-state index in [1.807, 2.05) is 6.07 Å². The SMILES string of the molecule is C[C@@H](NC(=O)C1C(=O)[C@H](CCc2cccc(Cl)c2)[C@H]1C(=O)O)c1ccc2c(c1)CC(F)(F)C2. The molecule has 0 aliphatic heterocycles. The molecule has 1 unspecified atom stereocenters. The fourth-order valence-electron chi connectivity index (χ4n) is 4.90. The van der Waals surface area contributed by atoms with Gasteiger partial charge in [0, 0.05) is 23.8 Å². The van der Waals surface area contributed by atoms with Gasteiger partial charge in [-0.15, -0.1) is 0 Å². The molecule has 0 aromatic heterocycles. The molecule has 174 valence electrons. The molecule has 0 saturated heterocycles. The van der Waals surface area contributed by atoms with Gasteiger partial charge >= 0.3 is 5.97 Å². The van der Waals surface area contributed by atoms with Gasteiger partial charge in [-0.2, -0.15) is 0 Å². The number of aryl methyl sites for hydroxylation is 1. The molecular formula is C25H24ClF2NO4. The Morgan fingerprint density at radius 2 is 1.91 bits per heavy atom. The quantitative estimate of drug-likeness (QED) is 0.581. The Balaban J connectivity index is 1.40. The van der Waals surface area contributed by atoms with Crippen molar-refractivity contribution >= 4 is 29.3 Å². The normalized spacial score (nSPS) is 24.0. The molecule has 0 heterocycles. The van der Waals surface area contributed by atoms with E-state index in [1.54, 1.807) is 43.3 Å². The lowest BCUT2D eigenvalue weighted by molar-refractivity contribution is -0.167. The highest BCUT2D eigenvalue weighted by atomic mass is 35.5. The largest absolute Gasteiger partial charge is 0.481 e. The first-order chi connectivity index (χ1) is 15.6. The first kappa shape index (κ1) is 23.4. The van der Waals surface area contributed by atoms with Crippen LogP contribution in [0.15, 0.2) is 42.5 Å². The lowest BCUT2D eigenvalue weighted by atomic mass is 9.61. The molecule has 2 aliphatic rings. The predicted octanol–water partition coefficient (Wildman–Crippen LogP) is 4.40. The summed E-state index contributed by atoms with van der Waals surface area (Å²) in [6.07, 6.45) is 0.157. The summed E-state index contributed by atoms with van der Waals surface area (Å²) in [6, 6.07) is 11.5. The monoisotopic (exact) mass is 475 g/mol. The molecule has 2 aromatic rings. The zero-order valence-corrected chi connectivity index (χ0v) is 18.7. The van der Waals surface area contributed by atoms with Crippen molar-refractivity contribution in [1.29, 1.82) is 0 Å². The summed E-state index contributed by atoms with van der Waals surface area (Å²) in [4.78, 5) is 37.4. The van der Waals surface area contributed by atoms with Crippen LogP contribution in [-0.4, -0.2) is 28.7 Å². The number of carbonyl (C=O) groups excluding carboxylic acids is 2. The number of alkyl halides is 2. The predicted molar refractivity (Wildman–Crippen MR) is 118 cm³/mol. The minimum Gasteiger partial charge on any atom is -0.481 e. The Hall–Kier alpha value is -2.80. The first-order valence-electron chi connectivity index (χ1n) is 10.9. The van der Waals surface area contributed by atoms with Crippen LogP contribution in [0.3, 0.4) is 0 Å². The highest BCUT2D eigenvalue weighted by Crippen LogP contribution is 2.41. The highest BCUT2D eigenvalue weighted by molar-refractivity contribution is 6.30. The molecule has 0 radical (unpaired) electrons. The molecule has 1 amide bonds. The smallest absolute Gasteiger partial charge is 0.308 e. The molecule has 0 spiro atoms.